The molecular weight excluding hydrogens is 312 g/mol. The number of nitrogens with zero attached hydrogens (tertiary/aromatic N) is 4. The molecule has 24 heavy (non-hydrogen) atoms. The molecule has 3 heterocycles. The first-order valence-electron chi connectivity index (χ1n) is 7.73. The Balaban J connectivity index is 1.82. The number of barbiturate groups is 1. The van der Waals surface area contributed by atoms with Crippen LogP contribution in [0.4, 0.5) is 10.7 Å². The lowest BCUT2D eigenvalue weighted by Crippen LogP contribution is -2.52. The maximum Gasteiger partial charge on any atom is 0.333 e. The van der Waals surface area contributed by atoms with E-state index in [2.05, 4.69) is 16.8 Å². The van der Waals surface area contributed by atoms with Crippen molar-refractivity contribution < 1.29 is 18.8 Å². The summed E-state index contributed by atoms with van der Waals surface area (Å²) in [4.78, 5) is 42.3. The Morgan fingerprint density at radius 1 is 0.917 bits per heavy atom. The monoisotopic (exact) mass is 332 g/mol. The number of imide groups is 2. The molecule has 0 spiro atoms. The Morgan fingerprint density at radius 3 is 2.08 bits per heavy atom. The topological polar surface area (TPSA) is 77.3 Å². The van der Waals surface area contributed by atoms with Gasteiger partial charge in [0.05, 0.1) is 0 Å². The highest BCUT2D eigenvalue weighted by Gasteiger charge is 2.38. The zero-order valence-corrected chi connectivity index (χ0v) is 14.0. The summed E-state index contributed by atoms with van der Waals surface area (Å²) in [6.45, 7) is 3.62. The largest absolute Gasteiger partial charge is 0.441 e. The number of likely N-dealkylation sites (N-methyl/N-ethyl adjacent to an activating group) is 3. The lowest BCUT2D eigenvalue weighted by molar-refractivity contribution is -0.134. The third-order valence-electron chi connectivity index (χ3n) is 4.36. The fourth-order valence-electron chi connectivity index (χ4n) is 2.73. The number of anilines is 1. The highest BCUT2D eigenvalue weighted by atomic mass is 16.4. The van der Waals surface area contributed by atoms with E-state index in [4.69, 9.17) is 4.42 Å². The predicted molar refractivity (Wildman–Crippen MR) is 87.3 cm³/mol. The number of hydrogen-bond donors (Lipinski definition) is 0. The highest BCUT2D eigenvalue weighted by molar-refractivity contribution is 6.30. The quantitative estimate of drug-likeness (QED) is 0.579. The van der Waals surface area contributed by atoms with Crippen molar-refractivity contribution in [3.8, 4) is 0 Å². The van der Waals surface area contributed by atoms with Crippen molar-refractivity contribution in [2.75, 3.05) is 52.2 Å². The van der Waals surface area contributed by atoms with Crippen molar-refractivity contribution in [1.82, 2.24) is 14.7 Å². The Hall–Kier alpha value is -2.61. The number of furan rings is 1. The molecule has 1 aromatic heterocycles. The number of amides is 4. The summed E-state index contributed by atoms with van der Waals surface area (Å²) in [5.41, 5.74) is -0.0844. The van der Waals surface area contributed by atoms with Crippen LogP contribution in [0.5, 0.6) is 0 Å². The van der Waals surface area contributed by atoms with Crippen molar-refractivity contribution in [1.29, 1.82) is 0 Å². The first-order chi connectivity index (χ1) is 11.4. The highest BCUT2D eigenvalue weighted by Crippen LogP contribution is 2.23. The van der Waals surface area contributed by atoms with E-state index in [0.29, 0.717) is 11.6 Å². The number of piperazine rings is 1. The van der Waals surface area contributed by atoms with E-state index in [9.17, 15) is 14.4 Å². The number of urea groups is 1. The molecule has 8 heteroatoms. The standard InChI is InChI=1S/C16H20N4O4/c1-17-6-8-20(9-7-17)13-5-4-11(24-13)10-12-14(21)18(2)16(23)19(3)15(12)22/h4-5,10H,6-9H2,1-3H3. The minimum absolute atomic E-state index is 0.0844. The van der Waals surface area contributed by atoms with Gasteiger partial charge < -0.3 is 14.2 Å². The van der Waals surface area contributed by atoms with Gasteiger partial charge >= 0.3 is 6.03 Å². The van der Waals surface area contributed by atoms with Crippen LogP contribution in [0.3, 0.4) is 0 Å². The summed E-state index contributed by atoms with van der Waals surface area (Å²) in [5.74, 6) is -0.124. The van der Waals surface area contributed by atoms with Gasteiger partial charge in [0.15, 0.2) is 5.88 Å². The molecule has 0 N–H and O–H groups in total. The average Bonchev–Trinajstić information content (AvgIpc) is 3.04. The normalized spacial score (nSPS) is 20.2. The van der Waals surface area contributed by atoms with Gasteiger partial charge in [-0.2, -0.15) is 0 Å². The SMILES string of the molecule is CN1CCN(c2ccc(C=C3C(=O)N(C)C(=O)N(C)C3=O)o2)CC1. The first-order valence-corrected chi connectivity index (χ1v) is 7.73. The Morgan fingerprint density at radius 2 is 1.50 bits per heavy atom. The summed E-state index contributed by atoms with van der Waals surface area (Å²) in [6, 6.07) is 2.91. The fraction of sp³-hybridized carbons (Fsp3) is 0.438. The van der Waals surface area contributed by atoms with Crippen LogP contribution in [0.2, 0.25) is 0 Å². The van der Waals surface area contributed by atoms with E-state index in [1.807, 2.05) is 6.07 Å². The third-order valence-corrected chi connectivity index (χ3v) is 4.36. The van der Waals surface area contributed by atoms with Crippen LogP contribution in [0.1, 0.15) is 5.76 Å². The molecule has 0 unspecified atom stereocenters. The van der Waals surface area contributed by atoms with E-state index in [-0.39, 0.29) is 5.57 Å². The molecule has 3 rings (SSSR count). The van der Waals surface area contributed by atoms with Crippen LogP contribution < -0.4 is 4.90 Å². The Kier molecular flexibility index (Phi) is 4.15. The molecule has 0 saturated carbocycles. The third kappa shape index (κ3) is 2.80. The van der Waals surface area contributed by atoms with Crippen LogP contribution in [0, 0.1) is 0 Å². The van der Waals surface area contributed by atoms with Gasteiger partial charge in [0.25, 0.3) is 11.8 Å². The molecule has 1 aromatic rings. The summed E-state index contributed by atoms with van der Waals surface area (Å²) in [6.07, 6.45) is 1.39. The fourth-order valence-corrected chi connectivity index (χ4v) is 2.73. The van der Waals surface area contributed by atoms with Crippen LogP contribution in [-0.4, -0.2) is 79.9 Å². The molecule has 0 aromatic carbocycles. The summed E-state index contributed by atoms with van der Waals surface area (Å²) >= 11 is 0. The second-order valence-corrected chi connectivity index (χ2v) is 6.04. The van der Waals surface area contributed by atoms with Gasteiger partial charge in [-0.25, -0.2) is 4.79 Å². The Labute approximate surface area is 139 Å². The molecule has 8 nitrogen and oxygen atoms in total. The summed E-state index contributed by atoms with van der Waals surface area (Å²) in [7, 11) is 4.77. The second-order valence-electron chi connectivity index (χ2n) is 6.04. The lowest BCUT2D eigenvalue weighted by atomic mass is 10.1. The number of carbonyl (C=O) groups is 3. The van der Waals surface area contributed by atoms with Crippen molar-refractivity contribution in [2.24, 2.45) is 0 Å². The van der Waals surface area contributed by atoms with Gasteiger partial charge in [-0.1, -0.05) is 0 Å². The van der Waals surface area contributed by atoms with E-state index in [1.54, 1.807) is 6.07 Å². The number of rotatable bonds is 2. The van der Waals surface area contributed by atoms with Crippen LogP contribution >= 0.6 is 0 Å². The molecule has 2 aliphatic heterocycles. The maximum absolute atomic E-state index is 12.2. The average molecular weight is 332 g/mol. The zero-order valence-electron chi connectivity index (χ0n) is 14.0. The molecule has 2 fully saturated rings. The van der Waals surface area contributed by atoms with Gasteiger partial charge in [-0.15, -0.1) is 0 Å². The number of carbonyl (C=O) groups excluding carboxylic acids is 3. The van der Waals surface area contributed by atoms with Crippen molar-refractivity contribution in [2.45, 2.75) is 0 Å². The molecule has 0 bridgehead atoms. The van der Waals surface area contributed by atoms with E-state index in [1.165, 1.54) is 20.2 Å². The van der Waals surface area contributed by atoms with Crippen molar-refractivity contribution in [3.63, 3.8) is 0 Å². The molecule has 2 aliphatic rings. The minimum Gasteiger partial charge on any atom is -0.441 e. The lowest BCUT2D eigenvalue weighted by Gasteiger charge is -2.32. The molecule has 0 aliphatic carbocycles. The van der Waals surface area contributed by atoms with Crippen LogP contribution in [-0.2, 0) is 9.59 Å². The molecule has 4 amide bonds. The predicted octanol–water partition coefficient (Wildman–Crippen LogP) is 0.465. The Bertz CT molecular complexity index is 689. The van der Waals surface area contributed by atoms with Gasteiger partial charge in [-0.05, 0) is 19.2 Å². The molecule has 2 saturated heterocycles. The second kappa shape index (κ2) is 6.12. The van der Waals surface area contributed by atoms with Gasteiger partial charge in [-0.3, -0.25) is 19.4 Å². The van der Waals surface area contributed by atoms with Crippen LogP contribution in [0.15, 0.2) is 22.1 Å². The molecular formula is C16H20N4O4. The van der Waals surface area contributed by atoms with Crippen molar-refractivity contribution >= 4 is 29.8 Å². The van der Waals surface area contributed by atoms with Gasteiger partial charge in [0.1, 0.15) is 11.3 Å². The van der Waals surface area contributed by atoms with E-state index < -0.39 is 17.8 Å². The molecule has 0 radical (unpaired) electrons. The van der Waals surface area contributed by atoms with Crippen LogP contribution in [0.25, 0.3) is 6.08 Å². The molecule has 0 atom stereocenters. The maximum atomic E-state index is 12.2. The van der Waals surface area contributed by atoms with Gasteiger partial charge in [0.2, 0.25) is 0 Å². The van der Waals surface area contributed by atoms with E-state index in [0.717, 1.165) is 36.0 Å². The first kappa shape index (κ1) is 16.3. The number of hydrogen-bond acceptors (Lipinski definition) is 6. The molecule has 128 valence electrons. The summed E-state index contributed by atoms with van der Waals surface area (Å²) in [5, 5.41) is 0. The van der Waals surface area contributed by atoms with E-state index >= 15 is 0 Å². The zero-order chi connectivity index (χ0) is 17.4. The summed E-state index contributed by atoms with van der Waals surface area (Å²) < 4.78 is 5.76. The smallest absolute Gasteiger partial charge is 0.333 e. The van der Waals surface area contributed by atoms with Gasteiger partial charge in [0, 0.05) is 46.3 Å². The minimum atomic E-state index is -0.639. The van der Waals surface area contributed by atoms with Crippen molar-refractivity contribution in [3.05, 3.63) is 23.5 Å².